The van der Waals surface area contributed by atoms with Gasteiger partial charge < -0.3 is 20.9 Å². The van der Waals surface area contributed by atoms with Crippen LogP contribution >= 0.6 is 0 Å². The number of nitrogens with two attached hydrogens (primary N) is 1. The lowest BCUT2D eigenvalue weighted by Gasteiger charge is -2.37. The minimum absolute atomic E-state index is 0.0530. The summed E-state index contributed by atoms with van der Waals surface area (Å²) in [4.78, 5) is 40.0. The number of hydrogen-bond acceptors (Lipinski definition) is 3. The number of likely N-dealkylation sites (N-methyl/N-ethyl adjacent to an activating group) is 1. The summed E-state index contributed by atoms with van der Waals surface area (Å²) < 4.78 is 0. The van der Waals surface area contributed by atoms with Gasteiger partial charge in [-0.1, -0.05) is 24.3 Å². The van der Waals surface area contributed by atoms with Crippen molar-refractivity contribution in [2.24, 2.45) is 0 Å². The van der Waals surface area contributed by atoms with Crippen molar-refractivity contribution in [3.8, 4) is 11.1 Å². The molecule has 0 aromatic heterocycles. The quantitative estimate of drug-likeness (QED) is 0.692. The number of amides is 3. The molecule has 3 amide bonds. The molecule has 2 aromatic rings. The average Bonchev–Trinajstić information content (AvgIpc) is 2.85. The van der Waals surface area contributed by atoms with E-state index in [9.17, 15) is 14.4 Å². The molecule has 1 fully saturated rings. The molecule has 2 aliphatic heterocycles. The molecule has 0 aliphatic carbocycles. The zero-order chi connectivity index (χ0) is 22.1. The van der Waals surface area contributed by atoms with E-state index in [1.165, 1.54) is 11.1 Å². The molecule has 0 saturated carbocycles. The monoisotopic (exact) mass is 421 g/mol. The maximum absolute atomic E-state index is 13.4. The fourth-order valence-electron chi connectivity index (χ4n) is 4.49. The Kier molecular flexibility index (Phi) is 5.78. The molecule has 2 heterocycles. The molecule has 0 spiro atoms. The standard InChI is InChI=1S/C24H28N4O3/c1-14-5-4-6-18(15(14)2)16-7-8-20-19(11-16)24(31)28-10-9-17(26-22(29)13-25-3)12-21(28)23(30)27-20/h4-8,11,17,21,25H,9-10,12-13H2,1-3H3,(H,26,29)(H,27,30)/p+1/t17-,21-/m0/s1. The van der Waals surface area contributed by atoms with E-state index in [2.05, 4.69) is 36.6 Å². The maximum Gasteiger partial charge on any atom is 0.275 e. The molecule has 1 saturated heterocycles. The molecule has 7 nitrogen and oxygen atoms in total. The summed E-state index contributed by atoms with van der Waals surface area (Å²) >= 11 is 0. The van der Waals surface area contributed by atoms with E-state index in [0.717, 1.165) is 11.1 Å². The Morgan fingerprint density at radius 2 is 2.00 bits per heavy atom. The topological polar surface area (TPSA) is 95.1 Å². The van der Waals surface area contributed by atoms with Crippen LogP contribution in [0, 0.1) is 13.8 Å². The van der Waals surface area contributed by atoms with Crippen LogP contribution in [0.5, 0.6) is 0 Å². The maximum atomic E-state index is 13.4. The van der Waals surface area contributed by atoms with E-state index in [4.69, 9.17) is 0 Å². The molecule has 4 rings (SSSR count). The highest BCUT2D eigenvalue weighted by atomic mass is 16.2. The van der Waals surface area contributed by atoms with Crippen molar-refractivity contribution < 1.29 is 19.7 Å². The lowest BCUT2D eigenvalue weighted by Crippen LogP contribution is -2.82. The summed E-state index contributed by atoms with van der Waals surface area (Å²) in [6.45, 7) is 4.93. The Bertz CT molecular complexity index is 1050. The van der Waals surface area contributed by atoms with Gasteiger partial charge in [0.25, 0.3) is 11.8 Å². The normalized spacial score (nSPS) is 20.4. The highest BCUT2D eigenvalue weighted by Gasteiger charge is 2.40. The first kappa shape index (κ1) is 21.1. The largest absolute Gasteiger partial charge is 0.348 e. The Balaban J connectivity index is 1.62. The van der Waals surface area contributed by atoms with Gasteiger partial charge in [-0.15, -0.1) is 0 Å². The summed E-state index contributed by atoms with van der Waals surface area (Å²) in [7, 11) is 1.84. The van der Waals surface area contributed by atoms with Gasteiger partial charge in [0.15, 0.2) is 6.54 Å². The number of quaternary nitrogens is 1. The molecule has 2 atom stereocenters. The first-order valence-corrected chi connectivity index (χ1v) is 10.8. The van der Waals surface area contributed by atoms with Crippen LogP contribution in [0.1, 0.15) is 34.3 Å². The third kappa shape index (κ3) is 4.05. The van der Waals surface area contributed by atoms with Gasteiger partial charge in [0.05, 0.1) is 18.3 Å². The van der Waals surface area contributed by atoms with Gasteiger partial charge in [0.2, 0.25) is 5.91 Å². The minimum Gasteiger partial charge on any atom is -0.348 e. The fraction of sp³-hybridized carbons (Fsp3) is 0.375. The second kappa shape index (κ2) is 8.51. The van der Waals surface area contributed by atoms with Crippen molar-refractivity contribution in [1.29, 1.82) is 0 Å². The van der Waals surface area contributed by atoms with Crippen LogP contribution in [0.4, 0.5) is 5.69 Å². The molecule has 7 heteroatoms. The highest BCUT2D eigenvalue weighted by Crippen LogP contribution is 2.33. The molecule has 4 N–H and O–H groups in total. The zero-order valence-corrected chi connectivity index (χ0v) is 18.2. The first-order chi connectivity index (χ1) is 14.9. The van der Waals surface area contributed by atoms with Crippen molar-refractivity contribution in [3.05, 3.63) is 53.1 Å². The van der Waals surface area contributed by atoms with Gasteiger partial charge in [-0.05, 0) is 61.1 Å². The number of piperidine rings is 1. The Morgan fingerprint density at radius 1 is 1.19 bits per heavy atom. The number of carbonyl (C=O) groups is 3. The second-order valence-electron chi connectivity index (χ2n) is 8.41. The molecule has 2 aliphatic rings. The SMILES string of the molecule is C[NH2+]CC(=O)N[C@H]1CCN2C(=O)c3cc(-c4cccc(C)c4C)ccc3NC(=O)[C@@H]2C1. The van der Waals surface area contributed by atoms with Crippen molar-refractivity contribution in [3.63, 3.8) is 0 Å². The number of carbonyl (C=O) groups excluding carboxylic acids is 3. The van der Waals surface area contributed by atoms with Crippen molar-refractivity contribution in [2.75, 3.05) is 25.5 Å². The lowest BCUT2D eigenvalue weighted by atomic mass is 9.94. The number of aryl methyl sites for hydroxylation is 1. The van der Waals surface area contributed by atoms with Gasteiger partial charge in [-0.25, -0.2) is 0 Å². The van der Waals surface area contributed by atoms with Gasteiger partial charge in [-0.2, -0.15) is 0 Å². The van der Waals surface area contributed by atoms with E-state index in [0.29, 0.717) is 37.2 Å². The van der Waals surface area contributed by atoms with Crippen molar-refractivity contribution in [1.82, 2.24) is 10.2 Å². The molecule has 162 valence electrons. The van der Waals surface area contributed by atoms with E-state index >= 15 is 0 Å². The lowest BCUT2D eigenvalue weighted by molar-refractivity contribution is -0.615. The summed E-state index contributed by atoms with van der Waals surface area (Å²) in [6, 6.07) is 11.1. The number of anilines is 1. The van der Waals surface area contributed by atoms with E-state index < -0.39 is 6.04 Å². The molecule has 0 radical (unpaired) electrons. The van der Waals surface area contributed by atoms with Crippen LogP contribution in [0.25, 0.3) is 11.1 Å². The fourth-order valence-corrected chi connectivity index (χ4v) is 4.49. The molecular formula is C24H29N4O3+. The number of nitrogens with one attached hydrogen (secondary N) is 2. The Morgan fingerprint density at radius 3 is 2.77 bits per heavy atom. The van der Waals surface area contributed by atoms with Crippen molar-refractivity contribution >= 4 is 23.4 Å². The van der Waals surface area contributed by atoms with Crippen LogP contribution in [0.15, 0.2) is 36.4 Å². The van der Waals surface area contributed by atoms with Crippen LogP contribution in [-0.2, 0) is 9.59 Å². The summed E-state index contributed by atoms with van der Waals surface area (Å²) in [6.07, 6.45) is 1.06. The number of nitrogens with zero attached hydrogens (tertiary/aromatic N) is 1. The number of fused-ring (bicyclic) bond motifs is 2. The molecule has 31 heavy (non-hydrogen) atoms. The van der Waals surface area contributed by atoms with Gasteiger partial charge in [-0.3, -0.25) is 14.4 Å². The summed E-state index contributed by atoms with van der Waals surface area (Å²) in [5, 5.41) is 7.72. The first-order valence-electron chi connectivity index (χ1n) is 10.8. The summed E-state index contributed by atoms with van der Waals surface area (Å²) in [5.41, 5.74) is 5.45. The van der Waals surface area contributed by atoms with Crippen LogP contribution < -0.4 is 16.0 Å². The van der Waals surface area contributed by atoms with Crippen LogP contribution in [0.3, 0.4) is 0 Å². The van der Waals surface area contributed by atoms with E-state index in [-0.39, 0.29) is 23.8 Å². The average molecular weight is 422 g/mol. The highest BCUT2D eigenvalue weighted by molar-refractivity contribution is 6.10. The van der Waals surface area contributed by atoms with Crippen LogP contribution in [0.2, 0.25) is 0 Å². The number of hydrogen-bond donors (Lipinski definition) is 3. The minimum atomic E-state index is -0.589. The third-order valence-electron chi connectivity index (χ3n) is 6.34. The second-order valence-corrected chi connectivity index (χ2v) is 8.41. The number of rotatable bonds is 4. The number of benzene rings is 2. The molecule has 0 bridgehead atoms. The van der Waals surface area contributed by atoms with Gasteiger partial charge in [0.1, 0.15) is 6.04 Å². The third-order valence-corrected chi connectivity index (χ3v) is 6.34. The van der Waals surface area contributed by atoms with Gasteiger partial charge >= 0.3 is 0 Å². The van der Waals surface area contributed by atoms with Gasteiger partial charge in [0, 0.05) is 12.6 Å². The van der Waals surface area contributed by atoms with E-state index in [1.807, 2.05) is 31.3 Å². The Hall–Kier alpha value is -3.19. The molecule has 0 unspecified atom stereocenters. The predicted octanol–water partition coefficient (Wildman–Crippen LogP) is 1.21. The van der Waals surface area contributed by atoms with Crippen molar-refractivity contribution in [2.45, 2.75) is 38.8 Å². The smallest absolute Gasteiger partial charge is 0.275 e. The summed E-state index contributed by atoms with van der Waals surface area (Å²) in [5.74, 6) is -0.396. The molecule has 2 aromatic carbocycles. The van der Waals surface area contributed by atoms with E-state index in [1.54, 1.807) is 10.2 Å². The van der Waals surface area contributed by atoms with Crippen LogP contribution in [-0.4, -0.2) is 54.8 Å². The zero-order valence-electron chi connectivity index (χ0n) is 18.2. The predicted molar refractivity (Wildman–Crippen MR) is 119 cm³/mol. The molecular weight excluding hydrogens is 392 g/mol. The Labute approximate surface area is 182 Å².